The van der Waals surface area contributed by atoms with Crippen LogP contribution in [0.2, 0.25) is 0 Å². The Bertz CT molecular complexity index is 562. The predicted octanol–water partition coefficient (Wildman–Crippen LogP) is 3.03. The second-order valence-electron chi connectivity index (χ2n) is 5.17. The van der Waals surface area contributed by atoms with Gasteiger partial charge in [-0.2, -0.15) is 0 Å². The van der Waals surface area contributed by atoms with Gasteiger partial charge in [0, 0.05) is 30.1 Å². The minimum Gasteiger partial charge on any atom is -0.368 e. The lowest BCUT2D eigenvalue weighted by molar-refractivity contribution is 0.641. The highest BCUT2D eigenvalue weighted by atomic mass is 15.1. The molecular formula is C17H25N5. The highest BCUT2D eigenvalue weighted by Gasteiger charge is 2.23. The van der Waals surface area contributed by atoms with E-state index in [1.54, 1.807) is 12.4 Å². The van der Waals surface area contributed by atoms with Crippen molar-refractivity contribution in [1.29, 1.82) is 0 Å². The van der Waals surface area contributed by atoms with E-state index in [4.69, 9.17) is 0 Å². The van der Waals surface area contributed by atoms with Gasteiger partial charge in [0.15, 0.2) is 0 Å². The summed E-state index contributed by atoms with van der Waals surface area (Å²) in [5.41, 5.74) is 3.17. The summed E-state index contributed by atoms with van der Waals surface area (Å²) in [6.45, 7) is 8.85. The van der Waals surface area contributed by atoms with Gasteiger partial charge in [0.25, 0.3) is 0 Å². The van der Waals surface area contributed by atoms with Crippen molar-refractivity contribution in [2.45, 2.75) is 39.3 Å². The van der Waals surface area contributed by atoms with Gasteiger partial charge in [-0.15, -0.1) is 0 Å². The highest BCUT2D eigenvalue weighted by Crippen LogP contribution is 2.27. The lowest BCUT2D eigenvalue weighted by Crippen LogP contribution is -2.34. The minimum atomic E-state index is 0.0495. The van der Waals surface area contributed by atoms with E-state index in [0.717, 1.165) is 29.8 Å². The average Bonchev–Trinajstić information content (AvgIpc) is 2.95. The Kier molecular flexibility index (Phi) is 6.01. The van der Waals surface area contributed by atoms with E-state index in [1.165, 1.54) is 12.8 Å². The van der Waals surface area contributed by atoms with E-state index in [1.807, 2.05) is 19.2 Å². The molecule has 0 aromatic carbocycles. The molecule has 1 aliphatic heterocycles. The first-order chi connectivity index (χ1) is 10.8. The fourth-order valence-electron chi connectivity index (χ4n) is 2.46. The summed E-state index contributed by atoms with van der Waals surface area (Å²) in [5, 5.41) is 9.77. The molecule has 0 radical (unpaired) electrons. The molecule has 2 heterocycles. The number of nitrogens with zero attached hydrogens (tertiary/aromatic N) is 2. The third-order valence-electron chi connectivity index (χ3n) is 3.61. The van der Waals surface area contributed by atoms with E-state index in [0.29, 0.717) is 5.95 Å². The molecular weight excluding hydrogens is 274 g/mol. The molecule has 118 valence electrons. The molecule has 3 N–H and O–H groups in total. The zero-order chi connectivity index (χ0) is 15.8. The molecule has 0 amide bonds. The molecule has 22 heavy (non-hydrogen) atoms. The van der Waals surface area contributed by atoms with Crippen LogP contribution < -0.4 is 16.0 Å². The Labute approximate surface area is 132 Å². The summed E-state index contributed by atoms with van der Waals surface area (Å²) in [7, 11) is 0. The molecule has 1 aromatic rings. The third-order valence-corrected chi connectivity index (χ3v) is 3.61. The van der Waals surface area contributed by atoms with Crippen molar-refractivity contribution < 1.29 is 0 Å². The fraction of sp³-hybridized carbons (Fsp3) is 0.412. The quantitative estimate of drug-likeness (QED) is 0.644. The first-order valence-electron chi connectivity index (χ1n) is 7.87. The first kappa shape index (κ1) is 16.1. The van der Waals surface area contributed by atoms with Crippen LogP contribution in [0, 0.1) is 0 Å². The van der Waals surface area contributed by atoms with E-state index in [9.17, 15) is 0 Å². The lowest BCUT2D eigenvalue weighted by atomic mass is 10.0. The molecule has 0 spiro atoms. The number of nitrogens with one attached hydrogen (secondary N) is 3. The number of allylic oxidation sites excluding steroid dienone is 1. The molecule has 2 rings (SSSR count). The number of hydrogen-bond acceptors (Lipinski definition) is 5. The molecule has 1 aromatic heterocycles. The summed E-state index contributed by atoms with van der Waals surface area (Å²) in [6.07, 6.45) is 11.2. The average molecular weight is 299 g/mol. The Balaban J connectivity index is 2.07. The van der Waals surface area contributed by atoms with Crippen LogP contribution in [0.4, 0.5) is 5.95 Å². The summed E-state index contributed by atoms with van der Waals surface area (Å²) in [5.74, 6) is 0.685. The van der Waals surface area contributed by atoms with E-state index in [2.05, 4.69) is 45.5 Å². The molecule has 0 bridgehead atoms. The maximum atomic E-state index is 4.62. The normalized spacial score (nSPS) is 18.7. The van der Waals surface area contributed by atoms with Crippen LogP contribution in [0.25, 0.3) is 5.57 Å². The molecule has 1 aliphatic rings. The second-order valence-corrected chi connectivity index (χ2v) is 5.17. The van der Waals surface area contributed by atoms with Gasteiger partial charge >= 0.3 is 0 Å². The fourth-order valence-corrected chi connectivity index (χ4v) is 2.46. The standard InChI is InChI=1S/C17H25N5/c1-4-7-8-10-19-17-20-11-9-15(22-17)14-12-21-16(18-6-3)13(14)5-2/h5-6,9,11-12,16,18,21H,3-4,7-8,10H2,1-2H3,(H,19,20,22)/b13-5-. The number of rotatable bonds is 8. The summed E-state index contributed by atoms with van der Waals surface area (Å²) >= 11 is 0. The first-order valence-corrected chi connectivity index (χ1v) is 7.87. The van der Waals surface area contributed by atoms with Crippen LogP contribution in [0.15, 0.2) is 42.9 Å². The lowest BCUT2D eigenvalue weighted by Gasteiger charge is -2.15. The van der Waals surface area contributed by atoms with Crippen molar-refractivity contribution in [3.63, 3.8) is 0 Å². The Hall–Kier alpha value is -2.30. The SMILES string of the molecule is C=CNC1NC=C(c2ccnc(NCCCCC)n2)/C1=C/C. The van der Waals surface area contributed by atoms with E-state index in [-0.39, 0.29) is 6.17 Å². The molecule has 0 saturated heterocycles. The van der Waals surface area contributed by atoms with Gasteiger partial charge in [-0.05, 0) is 25.6 Å². The predicted molar refractivity (Wildman–Crippen MR) is 92.0 cm³/mol. The summed E-state index contributed by atoms with van der Waals surface area (Å²) in [4.78, 5) is 8.91. The van der Waals surface area contributed by atoms with Gasteiger partial charge in [0.1, 0.15) is 6.17 Å². The number of aromatic nitrogens is 2. The van der Waals surface area contributed by atoms with Crippen LogP contribution in [-0.4, -0.2) is 22.7 Å². The van der Waals surface area contributed by atoms with E-state index >= 15 is 0 Å². The second kappa shape index (κ2) is 8.22. The van der Waals surface area contributed by atoms with Crippen molar-refractivity contribution in [1.82, 2.24) is 20.6 Å². The third kappa shape index (κ3) is 3.87. The van der Waals surface area contributed by atoms with Crippen molar-refractivity contribution in [3.8, 4) is 0 Å². The van der Waals surface area contributed by atoms with E-state index < -0.39 is 0 Å². The molecule has 1 unspecified atom stereocenters. The topological polar surface area (TPSA) is 61.9 Å². The van der Waals surface area contributed by atoms with Gasteiger partial charge < -0.3 is 16.0 Å². The molecule has 0 aliphatic carbocycles. The van der Waals surface area contributed by atoms with Crippen LogP contribution in [0.1, 0.15) is 38.8 Å². The van der Waals surface area contributed by atoms with Crippen molar-refractivity contribution in [2.24, 2.45) is 0 Å². The number of hydrogen-bond donors (Lipinski definition) is 3. The Morgan fingerprint density at radius 1 is 1.41 bits per heavy atom. The van der Waals surface area contributed by atoms with Crippen LogP contribution in [-0.2, 0) is 0 Å². The van der Waals surface area contributed by atoms with Gasteiger partial charge in [0.2, 0.25) is 5.95 Å². The van der Waals surface area contributed by atoms with Gasteiger partial charge in [-0.3, -0.25) is 0 Å². The Morgan fingerprint density at radius 2 is 2.27 bits per heavy atom. The van der Waals surface area contributed by atoms with Gasteiger partial charge in [-0.25, -0.2) is 9.97 Å². The molecule has 5 heteroatoms. The van der Waals surface area contributed by atoms with Crippen LogP contribution in [0.3, 0.4) is 0 Å². The summed E-state index contributed by atoms with van der Waals surface area (Å²) in [6, 6.07) is 1.94. The smallest absolute Gasteiger partial charge is 0.223 e. The minimum absolute atomic E-state index is 0.0495. The highest BCUT2D eigenvalue weighted by molar-refractivity contribution is 5.80. The zero-order valence-corrected chi connectivity index (χ0v) is 13.4. The maximum absolute atomic E-state index is 4.62. The zero-order valence-electron chi connectivity index (χ0n) is 13.4. The van der Waals surface area contributed by atoms with Gasteiger partial charge in [-0.1, -0.05) is 32.4 Å². The Morgan fingerprint density at radius 3 is 3.00 bits per heavy atom. The monoisotopic (exact) mass is 299 g/mol. The molecule has 0 fully saturated rings. The van der Waals surface area contributed by atoms with Crippen LogP contribution in [0.5, 0.6) is 0 Å². The number of unbranched alkanes of at least 4 members (excludes halogenated alkanes) is 2. The molecule has 0 saturated carbocycles. The van der Waals surface area contributed by atoms with Crippen molar-refractivity contribution in [2.75, 3.05) is 11.9 Å². The molecule has 5 nitrogen and oxygen atoms in total. The van der Waals surface area contributed by atoms with Crippen LogP contribution >= 0.6 is 0 Å². The summed E-state index contributed by atoms with van der Waals surface area (Å²) < 4.78 is 0. The van der Waals surface area contributed by atoms with Gasteiger partial charge in [0.05, 0.1) is 5.69 Å². The maximum Gasteiger partial charge on any atom is 0.223 e. The largest absolute Gasteiger partial charge is 0.368 e. The molecule has 1 atom stereocenters. The van der Waals surface area contributed by atoms with Crippen molar-refractivity contribution in [3.05, 3.63) is 48.6 Å². The number of anilines is 1. The van der Waals surface area contributed by atoms with Crippen molar-refractivity contribution >= 4 is 11.5 Å².